The molecule has 0 aromatic rings. The predicted molar refractivity (Wildman–Crippen MR) is 63.8 cm³/mol. The molecule has 0 heterocycles. The third-order valence-corrected chi connectivity index (χ3v) is 2.17. The Labute approximate surface area is 93.7 Å². The number of allylic oxidation sites excluding steroid dienone is 2. The number of esters is 1. The first-order valence-corrected chi connectivity index (χ1v) is 6.11. The van der Waals surface area contributed by atoms with Gasteiger partial charge in [0.2, 0.25) is 0 Å². The SMILES string of the molecule is CCCC/C=C/CCC(=O)OCCCC. The fourth-order valence-electron chi connectivity index (χ4n) is 1.16. The molecule has 2 nitrogen and oxygen atoms in total. The van der Waals surface area contributed by atoms with Crippen LogP contribution in [0.4, 0.5) is 0 Å². The fourth-order valence-corrected chi connectivity index (χ4v) is 1.16. The van der Waals surface area contributed by atoms with Crippen LogP contribution >= 0.6 is 0 Å². The van der Waals surface area contributed by atoms with Crippen LogP contribution in [0.1, 0.15) is 58.8 Å². The minimum Gasteiger partial charge on any atom is -0.466 e. The van der Waals surface area contributed by atoms with Gasteiger partial charge in [-0.1, -0.05) is 45.3 Å². The summed E-state index contributed by atoms with van der Waals surface area (Å²) in [6.45, 7) is 4.85. The molecule has 0 aromatic heterocycles. The molecule has 0 spiro atoms. The van der Waals surface area contributed by atoms with E-state index in [-0.39, 0.29) is 5.97 Å². The summed E-state index contributed by atoms with van der Waals surface area (Å²) in [5.74, 6) is -0.0661. The minimum absolute atomic E-state index is 0.0661. The highest BCUT2D eigenvalue weighted by Gasteiger charge is 1.99. The van der Waals surface area contributed by atoms with Crippen molar-refractivity contribution in [3.8, 4) is 0 Å². The lowest BCUT2D eigenvalue weighted by atomic mass is 10.2. The monoisotopic (exact) mass is 212 g/mol. The van der Waals surface area contributed by atoms with E-state index in [0.717, 1.165) is 25.7 Å². The number of carbonyl (C=O) groups is 1. The van der Waals surface area contributed by atoms with Gasteiger partial charge in [-0.3, -0.25) is 4.79 Å². The van der Waals surface area contributed by atoms with Gasteiger partial charge in [0.1, 0.15) is 0 Å². The molecule has 0 aromatic carbocycles. The summed E-state index contributed by atoms with van der Waals surface area (Å²) in [4.78, 5) is 11.2. The maximum absolute atomic E-state index is 11.2. The quantitative estimate of drug-likeness (QED) is 0.329. The number of carbonyl (C=O) groups excluding carboxylic acids is 1. The second-order valence-electron chi connectivity index (χ2n) is 3.73. The van der Waals surface area contributed by atoms with Gasteiger partial charge in [-0.05, 0) is 19.3 Å². The van der Waals surface area contributed by atoms with Crippen LogP contribution in [-0.2, 0) is 9.53 Å². The van der Waals surface area contributed by atoms with E-state index < -0.39 is 0 Å². The van der Waals surface area contributed by atoms with Crippen molar-refractivity contribution in [1.29, 1.82) is 0 Å². The van der Waals surface area contributed by atoms with Crippen LogP contribution in [0.3, 0.4) is 0 Å². The molecule has 0 atom stereocenters. The van der Waals surface area contributed by atoms with E-state index in [0.29, 0.717) is 13.0 Å². The van der Waals surface area contributed by atoms with Crippen LogP contribution in [0.5, 0.6) is 0 Å². The molecule has 0 saturated carbocycles. The Bertz CT molecular complexity index is 173. The second-order valence-corrected chi connectivity index (χ2v) is 3.73. The average Bonchev–Trinajstić information content (AvgIpc) is 2.23. The summed E-state index contributed by atoms with van der Waals surface area (Å²) >= 11 is 0. The maximum atomic E-state index is 11.2. The number of hydrogen-bond acceptors (Lipinski definition) is 2. The van der Waals surface area contributed by atoms with Gasteiger partial charge in [-0.15, -0.1) is 0 Å². The van der Waals surface area contributed by atoms with Gasteiger partial charge >= 0.3 is 5.97 Å². The zero-order valence-corrected chi connectivity index (χ0v) is 10.1. The highest BCUT2D eigenvalue weighted by molar-refractivity contribution is 5.69. The van der Waals surface area contributed by atoms with E-state index in [1.165, 1.54) is 12.8 Å². The summed E-state index contributed by atoms with van der Waals surface area (Å²) in [5.41, 5.74) is 0. The molecule has 0 N–H and O–H groups in total. The van der Waals surface area contributed by atoms with E-state index in [9.17, 15) is 4.79 Å². The summed E-state index contributed by atoms with van der Waals surface area (Å²) in [6, 6.07) is 0. The van der Waals surface area contributed by atoms with E-state index in [2.05, 4.69) is 26.0 Å². The van der Waals surface area contributed by atoms with E-state index in [1.807, 2.05) is 0 Å². The molecule has 0 amide bonds. The van der Waals surface area contributed by atoms with Gasteiger partial charge in [0, 0.05) is 6.42 Å². The van der Waals surface area contributed by atoms with Gasteiger partial charge in [-0.25, -0.2) is 0 Å². The topological polar surface area (TPSA) is 26.3 Å². The number of unbranched alkanes of at least 4 members (excludes halogenated alkanes) is 3. The third-order valence-electron chi connectivity index (χ3n) is 2.17. The van der Waals surface area contributed by atoms with Crippen molar-refractivity contribution >= 4 is 5.97 Å². The fraction of sp³-hybridized carbons (Fsp3) is 0.769. The van der Waals surface area contributed by atoms with E-state index >= 15 is 0 Å². The van der Waals surface area contributed by atoms with Crippen LogP contribution in [-0.4, -0.2) is 12.6 Å². The van der Waals surface area contributed by atoms with E-state index in [1.54, 1.807) is 0 Å². The van der Waals surface area contributed by atoms with Gasteiger partial charge in [0.05, 0.1) is 6.61 Å². The lowest BCUT2D eigenvalue weighted by Crippen LogP contribution is -2.04. The van der Waals surface area contributed by atoms with E-state index in [4.69, 9.17) is 4.74 Å². The first kappa shape index (κ1) is 14.2. The van der Waals surface area contributed by atoms with Crippen LogP contribution in [0.15, 0.2) is 12.2 Å². The van der Waals surface area contributed by atoms with Gasteiger partial charge in [0.25, 0.3) is 0 Å². The number of ether oxygens (including phenoxy) is 1. The van der Waals surface area contributed by atoms with Crippen LogP contribution < -0.4 is 0 Å². The Morgan fingerprint density at radius 1 is 1.07 bits per heavy atom. The molecule has 15 heavy (non-hydrogen) atoms. The zero-order chi connectivity index (χ0) is 11.4. The van der Waals surface area contributed by atoms with Gasteiger partial charge < -0.3 is 4.74 Å². The summed E-state index contributed by atoms with van der Waals surface area (Å²) in [7, 11) is 0. The normalized spacial score (nSPS) is 10.8. The molecule has 0 aliphatic heterocycles. The highest BCUT2D eigenvalue weighted by Crippen LogP contribution is 2.00. The van der Waals surface area contributed by atoms with Crippen molar-refractivity contribution in [2.45, 2.75) is 58.8 Å². The van der Waals surface area contributed by atoms with Crippen molar-refractivity contribution in [2.75, 3.05) is 6.61 Å². The van der Waals surface area contributed by atoms with Crippen molar-refractivity contribution in [3.05, 3.63) is 12.2 Å². The Morgan fingerprint density at radius 3 is 2.40 bits per heavy atom. The molecule has 0 bridgehead atoms. The van der Waals surface area contributed by atoms with Crippen LogP contribution in [0.25, 0.3) is 0 Å². The molecule has 0 unspecified atom stereocenters. The molecule has 0 aliphatic rings. The summed E-state index contributed by atoms with van der Waals surface area (Å²) < 4.78 is 5.04. The lowest BCUT2D eigenvalue weighted by Gasteiger charge is -2.01. The zero-order valence-electron chi connectivity index (χ0n) is 10.1. The van der Waals surface area contributed by atoms with Crippen molar-refractivity contribution in [3.63, 3.8) is 0 Å². The first-order valence-electron chi connectivity index (χ1n) is 6.11. The standard InChI is InChI=1S/C13H24O2/c1-3-5-7-8-9-10-11-13(14)15-12-6-4-2/h8-9H,3-7,10-12H2,1-2H3/b9-8+. The second kappa shape index (κ2) is 11.3. The molecular weight excluding hydrogens is 188 g/mol. The smallest absolute Gasteiger partial charge is 0.306 e. The molecule has 2 heteroatoms. The molecule has 0 rings (SSSR count). The molecule has 0 fully saturated rings. The Kier molecular flexibility index (Phi) is 10.7. The predicted octanol–water partition coefficient (Wildman–Crippen LogP) is 3.86. The average molecular weight is 212 g/mol. The molecule has 0 saturated heterocycles. The maximum Gasteiger partial charge on any atom is 0.306 e. The lowest BCUT2D eigenvalue weighted by molar-refractivity contribution is -0.143. The summed E-state index contributed by atoms with van der Waals surface area (Å²) in [5, 5.41) is 0. The van der Waals surface area contributed by atoms with Crippen LogP contribution in [0.2, 0.25) is 0 Å². The molecular formula is C13H24O2. The van der Waals surface area contributed by atoms with Gasteiger partial charge in [-0.2, -0.15) is 0 Å². The Balaban J connectivity index is 3.26. The molecule has 0 aliphatic carbocycles. The van der Waals surface area contributed by atoms with Crippen molar-refractivity contribution in [2.24, 2.45) is 0 Å². The largest absolute Gasteiger partial charge is 0.466 e. The first-order chi connectivity index (χ1) is 7.31. The van der Waals surface area contributed by atoms with Crippen molar-refractivity contribution < 1.29 is 9.53 Å². The Morgan fingerprint density at radius 2 is 1.73 bits per heavy atom. The molecule has 88 valence electrons. The number of rotatable bonds is 9. The Hall–Kier alpha value is -0.790. The third kappa shape index (κ3) is 11.1. The number of hydrogen-bond donors (Lipinski definition) is 0. The van der Waals surface area contributed by atoms with Gasteiger partial charge in [0.15, 0.2) is 0 Å². The minimum atomic E-state index is -0.0661. The summed E-state index contributed by atoms with van der Waals surface area (Å²) in [6.07, 6.45) is 11.2. The van der Waals surface area contributed by atoms with Crippen LogP contribution in [0, 0.1) is 0 Å². The highest BCUT2D eigenvalue weighted by atomic mass is 16.5. The van der Waals surface area contributed by atoms with Crippen molar-refractivity contribution in [1.82, 2.24) is 0 Å². The molecule has 0 radical (unpaired) electrons.